The first-order valence-corrected chi connectivity index (χ1v) is 9.23. The Hall–Kier alpha value is -1.59. The van der Waals surface area contributed by atoms with Crippen LogP contribution in [0.1, 0.15) is 73.6 Å². The lowest BCUT2D eigenvalue weighted by Gasteiger charge is -2.34. The minimum atomic E-state index is -0.536. The molecule has 2 rings (SSSR count). The normalized spacial score (nSPS) is 20.8. The second-order valence-corrected chi connectivity index (χ2v) is 6.58. The van der Waals surface area contributed by atoms with E-state index in [2.05, 4.69) is 19.2 Å². The first kappa shape index (κ1) is 20.5. The molecule has 1 saturated heterocycles. The zero-order chi connectivity index (χ0) is 17.9. The molecule has 24 heavy (non-hydrogen) atoms. The maximum Gasteiger partial charge on any atom is 0.407 e. The molecule has 1 N–H and O–H groups in total. The number of ether oxygens (including phenoxy) is 1. The van der Waals surface area contributed by atoms with Crippen molar-refractivity contribution in [3.63, 3.8) is 0 Å². The predicted molar refractivity (Wildman–Crippen MR) is 94.9 cm³/mol. The molecule has 1 aliphatic carbocycles. The molecule has 2 aliphatic rings. The minimum absolute atomic E-state index is 0. The molecule has 0 bridgehead atoms. The van der Waals surface area contributed by atoms with Crippen molar-refractivity contribution < 1.29 is 20.5 Å². The maximum atomic E-state index is 12.2. The van der Waals surface area contributed by atoms with Crippen LogP contribution in [-0.4, -0.2) is 47.9 Å². The summed E-state index contributed by atoms with van der Waals surface area (Å²) in [4.78, 5) is 36.9. The summed E-state index contributed by atoms with van der Waals surface area (Å²) < 4.78 is 5.24. The number of Topliss-reactive ketones (excluding diaryl/α,β-unsaturated/α-hetero) is 1. The number of nitrogens with one attached hydrogen (secondary N) is 1. The molecule has 1 aliphatic heterocycles. The number of hydrogen-bond acceptors (Lipinski definition) is 4. The molecule has 6 nitrogen and oxygen atoms in total. The molecule has 0 unspecified atom stereocenters. The molecule has 2 fully saturated rings. The van der Waals surface area contributed by atoms with Crippen molar-refractivity contribution in [1.82, 2.24) is 10.2 Å². The van der Waals surface area contributed by atoms with E-state index < -0.39 is 6.09 Å². The van der Waals surface area contributed by atoms with Crippen molar-refractivity contribution in [2.24, 2.45) is 0 Å². The molecule has 140 valence electrons. The van der Waals surface area contributed by atoms with Gasteiger partial charge < -0.3 is 15.0 Å². The van der Waals surface area contributed by atoms with Crippen molar-refractivity contribution in [1.29, 1.82) is 0 Å². The van der Waals surface area contributed by atoms with E-state index in [0.29, 0.717) is 13.0 Å². The van der Waals surface area contributed by atoms with Crippen LogP contribution in [0.5, 0.6) is 0 Å². The van der Waals surface area contributed by atoms with Crippen molar-refractivity contribution in [2.75, 3.05) is 13.1 Å². The fourth-order valence-electron chi connectivity index (χ4n) is 3.10. The number of amides is 2. The summed E-state index contributed by atoms with van der Waals surface area (Å²) in [5.41, 5.74) is 0. The Balaban J connectivity index is 0.00000134. The molecule has 0 aromatic rings. The number of nitrogens with zero attached hydrogens (tertiary/aromatic N) is 1. The number of piperidine rings is 1. The summed E-state index contributed by atoms with van der Waals surface area (Å²) in [6.07, 6.45) is 7.27. The number of carbonyl (C=O) groups is 3. The van der Waals surface area contributed by atoms with Gasteiger partial charge in [-0.3, -0.25) is 9.59 Å². The Bertz CT molecular complexity index is 425. The van der Waals surface area contributed by atoms with Crippen molar-refractivity contribution in [3.05, 3.63) is 0 Å². The second-order valence-electron chi connectivity index (χ2n) is 6.58. The highest BCUT2D eigenvalue weighted by molar-refractivity contribution is 5.89. The highest BCUT2D eigenvalue weighted by Crippen LogP contribution is 2.21. The van der Waals surface area contributed by atoms with Gasteiger partial charge in [0.05, 0.1) is 6.04 Å². The average molecular weight is 342 g/mol. The summed E-state index contributed by atoms with van der Waals surface area (Å²) in [6.45, 7) is 6.25. The second kappa shape index (κ2) is 11.0. The fraction of sp³-hybridized carbons (Fsp3) is 0.833. The molecule has 0 aromatic heterocycles. The van der Waals surface area contributed by atoms with Crippen LogP contribution in [-0.2, 0) is 14.3 Å². The van der Waals surface area contributed by atoms with Crippen molar-refractivity contribution in [3.8, 4) is 0 Å². The zero-order valence-corrected chi connectivity index (χ0v) is 15.3. The maximum absolute atomic E-state index is 12.2. The molecular weight excluding hydrogens is 308 g/mol. The molecule has 0 radical (unpaired) electrons. The topological polar surface area (TPSA) is 75.7 Å². The van der Waals surface area contributed by atoms with Gasteiger partial charge in [-0.25, -0.2) is 4.79 Å². The molecular formula is C18H34N2O4. The fourth-order valence-corrected chi connectivity index (χ4v) is 3.10. The Morgan fingerprint density at radius 3 is 2.25 bits per heavy atom. The largest absolute Gasteiger partial charge is 0.446 e. The Kier molecular flexibility index (Phi) is 9.42. The van der Waals surface area contributed by atoms with Gasteiger partial charge in [0, 0.05) is 7.97 Å². The van der Waals surface area contributed by atoms with E-state index >= 15 is 0 Å². The third-order valence-corrected chi connectivity index (χ3v) is 4.25. The first-order valence-electron chi connectivity index (χ1n) is 9.23. The third kappa shape index (κ3) is 6.89. The highest BCUT2D eigenvalue weighted by atomic mass is 16.6. The third-order valence-electron chi connectivity index (χ3n) is 4.25. The number of carbonyl (C=O) groups excluding carboxylic acids is 3. The van der Waals surface area contributed by atoms with Gasteiger partial charge in [0.15, 0.2) is 5.78 Å². The van der Waals surface area contributed by atoms with Crippen LogP contribution < -0.4 is 5.32 Å². The summed E-state index contributed by atoms with van der Waals surface area (Å²) in [6, 6.07) is -0.334. The molecule has 1 atom stereocenters. The molecule has 0 spiro atoms. The Labute approximate surface area is 146 Å². The smallest absolute Gasteiger partial charge is 0.407 e. The zero-order valence-electron chi connectivity index (χ0n) is 15.3. The van der Waals surface area contributed by atoms with E-state index in [1.165, 1.54) is 13.3 Å². The van der Waals surface area contributed by atoms with Gasteiger partial charge in [0.1, 0.15) is 12.6 Å². The van der Waals surface area contributed by atoms with E-state index in [-0.39, 0.29) is 31.8 Å². The minimum Gasteiger partial charge on any atom is -0.446 e. The standard InChI is InChI=1S/C15H24N2O4.C3H8.H2/c1-11(18)13-8-4-5-9-17(13)14(19)10-16-15(20)21-12-6-2-3-7-12;1-3-2;/h12-13H,2-10H2,1H3,(H,16,20);3H2,1-2H3;1H/t13-;;/m0../s1. The van der Waals surface area contributed by atoms with E-state index in [9.17, 15) is 14.4 Å². The average Bonchev–Trinajstić information content (AvgIpc) is 3.06. The number of ketones is 1. The van der Waals surface area contributed by atoms with Crippen molar-refractivity contribution >= 4 is 17.8 Å². The van der Waals surface area contributed by atoms with Gasteiger partial charge in [0.2, 0.25) is 5.91 Å². The quantitative estimate of drug-likeness (QED) is 0.850. The predicted octanol–water partition coefficient (Wildman–Crippen LogP) is 3.29. The van der Waals surface area contributed by atoms with Crippen LogP contribution in [0.25, 0.3) is 0 Å². The Morgan fingerprint density at radius 2 is 1.67 bits per heavy atom. The molecule has 0 aromatic carbocycles. The van der Waals surface area contributed by atoms with Crippen LogP contribution in [0.3, 0.4) is 0 Å². The van der Waals surface area contributed by atoms with Crippen LogP contribution in [0.4, 0.5) is 4.79 Å². The van der Waals surface area contributed by atoms with Crippen LogP contribution in [0.2, 0.25) is 0 Å². The number of likely N-dealkylation sites (tertiary alicyclic amines) is 1. The summed E-state index contributed by atoms with van der Waals surface area (Å²) in [5, 5.41) is 2.50. The van der Waals surface area contributed by atoms with E-state index in [4.69, 9.17) is 4.74 Å². The van der Waals surface area contributed by atoms with E-state index in [1.807, 2.05) is 0 Å². The first-order chi connectivity index (χ1) is 11.5. The van der Waals surface area contributed by atoms with Gasteiger partial charge in [-0.05, 0) is 51.9 Å². The lowest BCUT2D eigenvalue weighted by atomic mass is 9.99. The number of alkyl carbamates (subject to hydrolysis) is 1. The highest BCUT2D eigenvalue weighted by Gasteiger charge is 2.30. The van der Waals surface area contributed by atoms with E-state index in [0.717, 1.165) is 38.5 Å². The van der Waals surface area contributed by atoms with Gasteiger partial charge in [0.25, 0.3) is 0 Å². The van der Waals surface area contributed by atoms with Gasteiger partial charge in [-0.1, -0.05) is 20.3 Å². The monoisotopic (exact) mass is 342 g/mol. The summed E-state index contributed by atoms with van der Waals surface area (Å²) in [7, 11) is 0. The molecule has 1 heterocycles. The van der Waals surface area contributed by atoms with E-state index in [1.54, 1.807) is 4.90 Å². The SMILES string of the molecule is CC(=O)[C@@H]1CCCCN1C(=O)CNC(=O)OC1CCCC1.CCC.[HH]. The lowest BCUT2D eigenvalue weighted by Crippen LogP contribution is -2.50. The molecule has 1 saturated carbocycles. The van der Waals surface area contributed by atoms with Crippen LogP contribution >= 0.6 is 0 Å². The van der Waals surface area contributed by atoms with Crippen molar-refractivity contribution in [2.45, 2.75) is 84.3 Å². The number of rotatable bonds is 4. The Morgan fingerprint density at radius 1 is 1.08 bits per heavy atom. The molecule has 6 heteroatoms. The van der Waals surface area contributed by atoms with Crippen LogP contribution in [0, 0.1) is 0 Å². The van der Waals surface area contributed by atoms with Crippen LogP contribution in [0.15, 0.2) is 0 Å². The van der Waals surface area contributed by atoms with Gasteiger partial charge in [-0.2, -0.15) is 0 Å². The summed E-state index contributed by atoms with van der Waals surface area (Å²) >= 11 is 0. The van der Waals surface area contributed by atoms with Gasteiger partial charge in [-0.15, -0.1) is 0 Å². The number of hydrogen-bond donors (Lipinski definition) is 1. The lowest BCUT2D eigenvalue weighted by molar-refractivity contribution is -0.139. The van der Waals surface area contributed by atoms with Gasteiger partial charge >= 0.3 is 6.09 Å². The molecule has 2 amide bonds. The summed E-state index contributed by atoms with van der Waals surface area (Å²) in [5.74, 6) is -0.199.